The van der Waals surface area contributed by atoms with Gasteiger partial charge in [0.05, 0.1) is 17.1 Å². The molecule has 6 heteroatoms. The van der Waals surface area contributed by atoms with E-state index in [1.165, 1.54) is 18.2 Å². The Balaban J connectivity index is 0.000000360. The lowest BCUT2D eigenvalue weighted by Crippen LogP contribution is -2.09. The lowest BCUT2D eigenvalue weighted by molar-refractivity contribution is -0.384. The largest absolute Gasteiger partial charge is 0.376 e. The normalized spacial score (nSPS) is 10.2. The zero-order chi connectivity index (χ0) is 14.3. The van der Waals surface area contributed by atoms with Gasteiger partial charge in [0.1, 0.15) is 5.02 Å². The fraction of sp³-hybridized carbons (Fsp3) is 0.500. The molecule has 4 nitrogen and oxygen atoms in total. The Morgan fingerprint density at radius 3 is 1.94 bits per heavy atom. The van der Waals surface area contributed by atoms with Crippen molar-refractivity contribution in [2.75, 3.05) is 0 Å². The van der Waals surface area contributed by atoms with Gasteiger partial charge in [0.15, 0.2) is 0 Å². The monoisotopic (exact) mass is 293 g/mol. The van der Waals surface area contributed by atoms with Gasteiger partial charge in [-0.05, 0) is 39.8 Å². The van der Waals surface area contributed by atoms with E-state index < -0.39 is 4.92 Å². The van der Waals surface area contributed by atoms with Crippen molar-refractivity contribution in [1.82, 2.24) is 0 Å². The molecule has 0 aliphatic carbocycles. The molecule has 0 amide bonds. The average Bonchev–Trinajstić information content (AvgIpc) is 2.14. The molecule has 0 N–H and O–H groups in total. The zero-order valence-electron chi connectivity index (χ0n) is 10.8. The Hall–Kier alpha value is -0.840. The first-order valence-corrected chi connectivity index (χ1v) is 6.24. The molecule has 0 radical (unpaired) electrons. The van der Waals surface area contributed by atoms with Crippen molar-refractivity contribution in [3.05, 3.63) is 38.4 Å². The molecule has 0 bridgehead atoms. The maximum Gasteiger partial charge on any atom is 0.287 e. The molecule has 0 aliphatic rings. The third kappa shape index (κ3) is 7.48. The van der Waals surface area contributed by atoms with Gasteiger partial charge in [0.2, 0.25) is 0 Å². The van der Waals surface area contributed by atoms with Crippen LogP contribution in [-0.2, 0) is 4.74 Å². The van der Waals surface area contributed by atoms with Gasteiger partial charge in [-0.2, -0.15) is 0 Å². The fourth-order valence-corrected chi connectivity index (χ4v) is 1.65. The first kappa shape index (κ1) is 17.2. The highest BCUT2D eigenvalue weighted by Gasteiger charge is 2.10. The van der Waals surface area contributed by atoms with E-state index in [1.807, 2.05) is 27.7 Å². The van der Waals surface area contributed by atoms with Crippen molar-refractivity contribution in [2.45, 2.75) is 39.9 Å². The quantitative estimate of drug-likeness (QED) is 0.598. The highest BCUT2D eigenvalue weighted by atomic mass is 35.5. The van der Waals surface area contributed by atoms with E-state index in [0.29, 0.717) is 17.2 Å². The predicted molar refractivity (Wildman–Crippen MR) is 74.5 cm³/mol. The van der Waals surface area contributed by atoms with Crippen LogP contribution in [0, 0.1) is 10.1 Å². The van der Waals surface area contributed by atoms with Crippen LogP contribution in [0.15, 0.2) is 18.2 Å². The summed E-state index contributed by atoms with van der Waals surface area (Å²) in [7, 11) is 0. The maximum absolute atomic E-state index is 10.2. The van der Waals surface area contributed by atoms with Crippen LogP contribution >= 0.6 is 23.2 Å². The van der Waals surface area contributed by atoms with Crippen LogP contribution in [0.4, 0.5) is 5.69 Å². The average molecular weight is 294 g/mol. The number of nitrogens with zero attached hydrogens (tertiary/aromatic N) is 1. The summed E-state index contributed by atoms with van der Waals surface area (Å²) >= 11 is 11.0. The summed E-state index contributed by atoms with van der Waals surface area (Å²) in [5, 5.41) is 10.7. The summed E-state index contributed by atoms with van der Waals surface area (Å²) in [6.07, 6.45) is 0.750. The van der Waals surface area contributed by atoms with Gasteiger partial charge in [0, 0.05) is 11.1 Å². The second kappa shape index (κ2) is 8.29. The second-order valence-corrected chi connectivity index (χ2v) is 4.93. The molecular formula is C12H17Cl2NO3. The smallest absolute Gasteiger partial charge is 0.287 e. The van der Waals surface area contributed by atoms with Crippen LogP contribution in [0.25, 0.3) is 0 Å². The molecule has 0 aliphatic heterocycles. The van der Waals surface area contributed by atoms with Crippen LogP contribution in [0.5, 0.6) is 0 Å². The molecule has 0 aromatic heterocycles. The number of hydrogen-bond donors (Lipinski definition) is 0. The third-order valence-corrected chi connectivity index (χ3v) is 2.19. The number of nitro benzene ring substituents is 1. The van der Waals surface area contributed by atoms with Crippen molar-refractivity contribution in [2.24, 2.45) is 0 Å². The van der Waals surface area contributed by atoms with Crippen molar-refractivity contribution in [1.29, 1.82) is 0 Å². The molecule has 0 spiro atoms. The van der Waals surface area contributed by atoms with E-state index in [1.54, 1.807) is 0 Å². The molecule has 0 atom stereocenters. The van der Waals surface area contributed by atoms with E-state index in [9.17, 15) is 10.1 Å². The zero-order valence-corrected chi connectivity index (χ0v) is 12.3. The van der Waals surface area contributed by atoms with E-state index in [-0.39, 0.29) is 10.7 Å². The molecular weight excluding hydrogens is 277 g/mol. The lowest BCUT2D eigenvalue weighted by atomic mass is 10.3. The van der Waals surface area contributed by atoms with Gasteiger partial charge in [-0.3, -0.25) is 10.1 Å². The van der Waals surface area contributed by atoms with Crippen molar-refractivity contribution in [3.63, 3.8) is 0 Å². The summed E-state index contributed by atoms with van der Waals surface area (Å²) in [4.78, 5) is 9.65. The SMILES string of the molecule is CC(C)OC(C)C.O=[N+]([O-])c1ccc(Cl)cc1Cl. The lowest BCUT2D eigenvalue weighted by Gasteiger charge is -2.09. The van der Waals surface area contributed by atoms with Crippen molar-refractivity contribution >= 4 is 28.9 Å². The molecule has 1 aromatic carbocycles. The molecule has 102 valence electrons. The van der Waals surface area contributed by atoms with Crippen LogP contribution in [-0.4, -0.2) is 17.1 Å². The third-order valence-electron chi connectivity index (χ3n) is 1.65. The number of nitro groups is 1. The minimum atomic E-state index is -0.557. The summed E-state index contributed by atoms with van der Waals surface area (Å²) in [5.74, 6) is 0. The molecule has 0 heterocycles. The first-order valence-electron chi connectivity index (χ1n) is 5.49. The van der Waals surface area contributed by atoms with Crippen LogP contribution in [0.2, 0.25) is 10.0 Å². The number of hydrogen-bond acceptors (Lipinski definition) is 3. The molecule has 0 unspecified atom stereocenters. The van der Waals surface area contributed by atoms with Gasteiger partial charge < -0.3 is 4.74 Å². The number of benzene rings is 1. The summed E-state index contributed by atoms with van der Waals surface area (Å²) in [6, 6.07) is 4.03. The van der Waals surface area contributed by atoms with Crippen LogP contribution in [0.1, 0.15) is 27.7 Å². The maximum atomic E-state index is 10.2. The molecule has 1 rings (SSSR count). The highest BCUT2D eigenvalue weighted by molar-refractivity contribution is 6.35. The summed E-state index contributed by atoms with van der Waals surface area (Å²) in [6.45, 7) is 8.17. The number of rotatable bonds is 3. The Kier molecular flexibility index (Phi) is 7.91. The highest BCUT2D eigenvalue weighted by Crippen LogP contribution is 2.26. The molecule has 0 fully saturated rings. The van der Waals surface area contributed by atoms with Crippen molar-refractivity contribution in [3.8, 4) is 0 Å². The molecule has 18 heavy (non-hydrogen) atoms. The molecule has 0 saturated carbocycles. The standard InChI is InChI=1S/C6H3Cl2NO2.C6H14O/c7-4-1-2-6(9(10)11)5(8)3-4;1-5(2)7-6(3)4/h1-3H;5-6H,1-4H3. The number of ether oxygens (including phenoxy) is 1. The van der Waals surface area contributed by atoms with Gasteiger partial charge in [-0.25, -0.2) is 0 Å². The minimum Gasteiger partial charge on any atom is -0.376 e. The van der Waals surface area contributed by atoms with Crippen molar-refractivity contribution < 1.29 is 9.66 Å². The van der Waals surface area contributed by atoms with Crippen LogP contribution < -0.4 is 0 Å². The van der Waals surface area contributed by atoms with E-state index in [0.717, 1.165) is 0 Å². The Morgan fingerprint density at radius 2 is 1.67 bits per heavy atom. The number of halogens is 2. The van der Waals surface area contributed by atoms with Gasteiger partial charge in [0.25, 0.3) is 5.69 Å². The van der Waals surface area contributed by atoms with Gasteiger partial charge in [-0.15, -0.1) is 0 Å². The summed E-state index contributed by atoms with van der Waals surface area (Å²) in [5.41, 5.74) is -0.129. The second-order valence-electron chi connectivity index (χ2n) is 4.09. The predicted octanol–water partition coefficient (Wildman–Crippen LogP) is 4.72. The summed E-state index contributed by atoms with van der Waals surface area (Å²) < 4.78 is 5.25. The van der Waals surface area contributed by atoms with E-state index in [2.05, 4.69) is 0 Å². The van der Waals surface area contributed by atoms with Crippen LogP contribution in [0.3, 0.4) is 0 Å². The molecule has 0 saturated heterocycles. The van der Waals surface area contributed by atoms with E-state index in [4.69, 9.17) is 27.9 Å². The Bertz CT molecular complexity index is 389. The van der Waals surface area contributed by atoms with Gasteiger partial charge in [-0.1, -0.05) is 23.2 Å². The minimum absolute atomic E-state index is 0.0579. The topological polar surface area (TPSA) is 52.4 Å². The van der Waals surface area contributed by atoms with E-state index >= 15 is 0 Å². The Morgan fingerprint density at radius 1 is 1.17 bits per heavy atom. The molecule has 1 aromatic rings. The fourth-order valence-electron chi connectivity index (χ4n) is 1.17. The van der Waals surface area contributed by atoms with Gasteiger partial charge >= 0.3 is 0 Å². The first-order chi connectivity index (χ1) is 8.23. The Labute approximate surface area is 117 Å².